The Morgan fingerprint density at radius 1 is 1.45 bits per heavy atom. The number of hydrogen-bond acceptors (Lipinski definition) is 4. The summed E-state index contributed by atoms with van der Waals surface area (Å²) in [6.07, 6.45) is 8.21. The first-order valence-corrected chi connectivity index (χ1v) is 8.61. The number of hydrogen-bond donors (Lipinski definition) is 1. The highest BCUT2D eigenvalue weighted by Gasteiger charge is 2.48. The molecule has 0 unspecified atom stereocenters. The van der Waals surface area contributed by atoms with Gasteiger partial charge in [0.15, 0.2) is 0 Å². The number of rotatable bonds is 3. The largest absolute Gasteiger partial charge is 0.383 e. The molecule has 0 bridgehead atoms. The average molecular weight is 338 g/mol. The lowest BCUT2D eigenvalue weighted by atomic mass is 9.62. The Morgan fingerprint density at radius 3 is 2.91 bits per heavy atom. The fourth-order valence-electron chi connectivity index (χ4n) is 3.20. The van der Waals surface area contributed by atoms with Crippen molar-refractivity contribution in [2.45, 2.75) is 45.3 Å². The fourth-order valence-corrected chi connectivity index (χ4v) is 4.23. The van der Waals surface area contributed by atoms with E-state index in [1.54, 1.807) is 11.0 Å². The van der Waals surface area contributed by atoms with Crippen LogP contribution in [0.15, 0.2) is 30.4 Å². The number of aliphatic hydroxyl groups is 1. The summed E-state index contributed by atoms with van der Waals surface area (Å²) in [5.74, 6) is 0. The predicted molar refractivity (Wildman–Crippen MR) is 89.9 cm³/mol. The van der Waals surface area contributed by atoms with E-state index in [4.69, 9.17) is 11.6 Å². The van der Waals surface area contributed by atoms with Crippen LogP contribution in [0.25, 0.3) is 6.08 Å². The van der Waals surface area contributed by atoms with Crippen molar-refractivity contribution in [3.8, 4) is 0 Å². The second-order valence-corrected chi connectivity index (χ2v) is 8.25. The summed E-state index contributed by atoms with van der Waals surface area (Å²) in [6, 6.07) is 3.89. The van der Waals surface area contributed by atoms with Gasteiger partial charge in [-0.15, -0.1) is 11.3 Å². The summed E-state index contributed by atoms with van der Waals surface area (Å²) in [4.78, 5) is 5.06. The molecule has 0 amide bonds. The Labute approximate surface area is 139 Å². The van der Waals surface area contributed by atoms with Gasteiger partial charge in [-0.2, -0.15) is 5.10 Å². The fraction of sp³-hybridized carbons (Fsp3) is 0.500. The molecule has 1 atom stereocenters. The highest BCUT2D eigenvalue weighted by molar-refractivity contribution is 7.17. The number of halogens is 1. The molecule has 1 fully saturated rings. The van der Waals surface area contributed by atoms with Gasteiger partial charge in [-0.25, -0.2) is 9.67 Å². The zero-order valence-electron chi connectivity index (χ0n) is 12.8. The van der Waals surface area contributed by atoms with Crippen LogP contribution < -0.4 is 0 Å². The van der Waals surface area contributed by atoms with Crippen LogP contribution >= 0.6 is 22.9 Å². The van der Waals surface area contributed by atoms with Gasteiger partial charge in [0, 0.05) is 4.88 Å². The molecular formula is C16H20ClN3OS. The summed E-state index contributed by atoms with van der Waals surface area (Å²) < 4.78 is 2.48. The van der Waals surface area contributed by atoms with E-state index in [2.05, 4.69) is 30.0 Å². The van der Waals surface area contributed by atoms with Gasteiger partial charge in [-0.05, 0) is 48.5 Å². The summed E-state index contributed by atoms with van der Waals surface area (Å²) in [5, 5.41) is 15.7. The lowest BCUT2D eigenvalue weighted by molar-refractivity contribution is -0.0691. The Balaban J connectivity index is 2.00. The Hall–Kier alpha value is -1.17. The van der Waals surface area contributed by atoms with Gasteiger partial charge in [-0.1, -0.05) is 25.4 Å². The van der Waals surface area contributed by atoms with E-state index in [9.17, 15) is 5.11 Å². The predicted octanol–water partition coefficient (Wildman–Crippen LogP) is 4.02. The lowest BCUT2D eigenvalue weighted by Crippen LogP contribution is -2.52. The molecule has 2 aromatic heterocycles. The summed E-state index contributed by atoms with van der Waals surface area (Å²) in [5.41, 5.74) is -0.0998. The van der Waals surface area contributed by atoms with Gasteiger partial charge in [0.25, 0.3) is 0 Å². The minimum absolute atomic E-state index is 0.218. The molecule has 1 saturated carbocycles. The Kier molecular flexibility index (Phi) is 4.14. The van der Waals surface area contributed by atoms with Crippen LogP contribution in [0.3, 0.4) is 0 Å². The van der Waals surface area contributed by atoms with Crippen molar-refractivity contribution >= 4 is 29.0 Å². The maximum atomic E-state index is 11.5. The van der Waals surface area contributed by atoms with Crippen molar-refractivity contribution in [1.82, 2.24) is 14.8 Å². The molecule has 2 aromatic rings. The van der Waals surface area contributed by atoms with Crippen LogP contribution in [0.1, 0.15) is 38.0 Å². The zero-order valence-corrected chi connectivity index (χ0v) is 14.4. The van der Waals surface area contributed by atoms with Gasteiger partial charge in [0.05, 0.1) is 10.9 Å². The standard InChI is InChI=1S/C16H20ClN3OS/c1-15(2)7-3-4-12(8-13-5-6-14(17)22-13)16(15,21)9-20-11-18-10-19-20/h5-6,8,10-11,21H,3-4,7,9H2,1-2H3/b12-8+/t16-/m0/s1. The van der Waals surface area contributed by atoms with Gasteiger partial charge >= 0.3 is 0 Å². The monoisotopic (exact) mass is 337 g/mol. The third-order valence-corrected chi connectivity index (χ3v) is 5.84. The SMILES string of the molecule is CC1(C)CCC/C(=C\c2ccc(Cl)s2)[C@@]1(O)Cn1cncn1. The van der Waals surface area contributed by atoms with Crippen molar-refractivity contribution in [1.29, 1.82) is 0 Å². The normalized spacial score (nSPS) is 26.5. The second-order valence-electron chi connectivity index (χ2n) is 6.50. The molecule has 22 heavy (non-hydrogen) atoms. The van der Waals surface area contributed by atoms with Crippen LogP contribution in [-0.2, 0) is 6.54 Å². The number of aromatic nitrogens is 3. The molecule has 3 rings (SSSR count). The average Bonchev–Trinajstić information content (AvgIpc) is 3.07. The first-order chi connectivity index (χ1) is 10.4. The molecule has 0 radical (unpaired) electrons. The zero-order chi connectivity index (χ0) is 15.8. The topological polar surface area (TPSA) is 50.9 Å². The van der Waals surface area contributed by atoms with E-state index in [-0.39, 0.29) is 5.41 Å². The summed E-state index contributed by atoms with van der Waals surface area (Å²) >= 11 is 7.56. The van der Waals surface area contributed by atoms with Crippen molar-refractivity contribution in [3.05, 3.63) is 39.6 Å². The first kappa shape index (κ1) is 15.7. The molecule has 0 saturated heterocycles. The Bertz CT molecular complexity index is 677. The number of thiophene rings is 1. The van der Waals surface area contributed by atoms with E-state index in [0.29, 0.717) is 6.54 Å². The maximum Gasteiger partial charge on any atom is 0.137 e. The highest BCUT2D eigenvalue weighted by atomic mass is 35.5. The minimum Gasteiger partial charge on any atom is -0.383 e. The van der Waals surface area contributed by atoms with Crippen molar-refractivity contribution in [2.75, 3.05) is 0 Å². The van der Waals surface area contributed by atoms with E-state index in [1.807, 2.05) is 12.1 Å². The van der Waals surface area contributed by atoms with Crippen LogP contribution in [-0.4, -0.2) is 25.5 Å². The van der Waals surface area contributed by atoms with Gasteiger partial charge < -0.3 is 5.11 Å². The van der Waals surface area contributed by atoms with E-state index in [1.165, 1.54) is 17.7 Å². The van der Waals surface area contributed by atoms with Crippen LogP contribution in [0.4, 0.5) is 0 Å². The molecule has 1 aliphatic carbocycles. The van der Waals surface area contributed by atoms with Crippen LogP contribution in [0, 0.1) is 5.41 Å². The van der Waals surface area contributed by atoms with Gasteiger partial charge in [-0.3, -0.25) is 0 Å². The minimum atomic E-state index is -0.935. The van der Waals surface area contributed by atoms with Crippen molar-refractivity contribution in [2.24, 2.45) is 5.41 Å². The van der Waals surface area contributed by atoms with Gasteiger partial charge in [0.2, 0.25) is 0 Å². The lowest BCUT2D eigenvalue weighted by Gasteiger charge is -2.48. The van der Waals surface area contributed by atoms with Crippen LogP contribution in [0.5, 0.6) is 0 Å². The maximum absolute atomic E-state index is 11.5. The number of nitrogens with zero attached hydrogens (tertiary/aromatic N) is 3. The van der Waals surface area contributed by atoms with E-state index >= 15 is 0 Å². The molecular weight excluding hydrogens is 318 g/mol. The molecule has 1 aliphatic rings. The highest BCUT2D eigenvalue weighted by Crippen LogP contribution is 2.48. The third-order valence-electron chi connectivity index (χ3n) is 4.67. The van der Waals surface area contributed by atoms with E-state index in [0.717, 1.165) is 34.0 Å². The van der Waals surface area contributed by atoms with E-state index < -0.39 is 5.60 Å². The van der Waals surface area contributed by atoms with Crippen molar-refractivity contribution < 1.29 is 5.11 Å². The first-order valence-electron chi connectivity index (χ1n) is 7.42. The molecule has 0 aromatic carbocycles. The smallest absolute Gasteiger partial charge is 0.137 e. The van der Waals surface area contributed by atoms with Gasteiger partial charge in [0.1, 0.15) is 18.3 Å². The molecule has 1 N–H and O–H groups in total. The molecule has 0 aliphatic heterocycles. The molecule has 0 spiro atoms. The van der Waals surface area contributed by atoms with Crippen LogP contribution in [0.2, 0.25) is 4.34 Å². The molecule has 6 heteroatoms. The molecule has 2 heterocycles. The third kappa shape index (κ3) is 2.85. The summed E-state index contributed by atoms with van der Waals surface area (Å²) in [6.45, 7) is 4.67. The quantitative estimate of drug-likeness (QED) is 0.920. The summed E-state index contributed by atoms with van der Waals surface area (Å²) in [7, 11) is 0. The van der Waals surface area contributed by atoms with Crippen molar-refractivity contribution in [3.63, 3.8) is 0 Å². The Morgan fingerprint density at radius 2 is 2.27 bits per heavy atom. The second kappa shape index (κ2) is 5.80. The molecule has 118 valence electrons. The molecule has 4 nitrogen and oxygen atoms in total.